The number of aryl methyl sites for hydroxylation is 2. The van der Waals surface area contributed by atoms with Crippen LogP contribution in [0, 0.1) is 13.8 Å². The normalized spacial score (nSPS) is 15.8. The molecule has 0 fully saturated rings. The summed E-state index contributed by atoms with van der Waals surface area (Å²) in [5.74, 6) is 0.656. The highest BCUT2D eigenvalue weighted by atomic mass is 32.1. The van der Waals surface area contributed by atoms with E-state index >= 15 is 0 Å². The molecule has 6 heteroatoms. The number of carbonyl (C=O) groups excluding carboxylic acids is 1. The second kappa shape index (κ2) is 7.15. The SMILES string of the molecule is CC1=C(C(=O)Nc2ccc(C)cc2C)C(c2cccs2)n2c(nc3ccccc32)N1. The molecule has 0 bridgehead atoms. The van der Waals surface area contributed by atoms with Crippen molar-refractivity contribution in [3.63, 3.8) is 0 Å². The summed E-state index contributed by atoms with van der Waals surface area (Å²) < 4.78 is 2.13. The summed E-state index contributed by atoms with van der Waals surface area (Å²) in [6.45, 7) is 6.01. The van der Waals surface area contributed by atoms with E-state index in [9.17, 15) is 4.79 Å². The molecule has 0 spiro atoms. The Labute approximate surface area is 179 Å². The number of para-hydroxylation sites is 2. The van der Waals surface area contributed by atoms with Gasteiger partial charge in [0.2, 0.25) is 5.95 Å². The van der Waals surface area contributed by atoms with Crippen LogP contribution in [0.1, 0.15) is 29.0 Å². The topological polar surface area (TPSA) is 59.0 Å². The van der Waals surface area contributed by atoms with Crippen LogP contribution in [-0.2, 0) is 4.79 Å². The number of aromatic nitrogens is 2. The van der Waals surface area contributed by atoms with Gasteiger partial charge in [-0.25, -0.2) is 4.98 Å². The maximum absolute atomic E-state index is 13.6. The highest BCUT2D eigenvalue weighted by molar-refractivity contribution is 7.10. The molecule has 2 aromatic heterocycles. The van der Waals surface area contributed by atoms with Crippen LogP contribution in [0.5, 0.6) is 0 Å². The molecule has 0 aliphatic carbocycles. The van der Waals surface area contributed by atoms with Crippen LogP contribution in [-0.4, -0.2) is 15.5 Å². The smallest absolute Gasteiger partial charge is 0.255 e. The van der Waals surface area contributed by atoms with Crippen molar-refractivity contribution in [3.05, 3.63) is 87.3 Å². The Balaban J connectivity index is 1.63. The molecule has 1 aliphatic rings. The first kappa shape index (κ1) is 18.6. The van der Waals surface area contributed by atoms with Crippen LogP contribution in [0.15, 0.2) is 71.2 Å². The molecule has 150 valence electrons. The third kappa shape index (κ3) is 3.00. The van der Waals surface area contributed by atoms with Gasteiger partial charge in [0.05, 0.1) is 16.6 Å². The maximum atomic E-state index is 13.6. The highest BCUT2D eigenvalue weighted by Crippen LogP contribution is 2.41. The lowest BCUT2D eigenvalue weighted by Gasteiger charge is -2.30. The predicted molar refractivity (Wildman–Crippen MR) is 123 cm³/mol. The molecule has 1 amide bonds. The Morgan fingerprint density at radius 2 is 1.93 bits per heavy atom. The summed E-state index contributed by atoms with van der Waals surface area (Å²) in [6.07, 6.45) is 0. The zero-order chi connectivity index (χ0) is 20.8. The summed E-state index contributed by atoms with van der Waals surface area (Å²) in [6, 6.07) is 18.0. The number of hydrogen-bond acceptors (Lipinski definition) is 4. The average molecular weight is 415 g/mol. The standard InChI is InChI=1S/C24H22N4OS/c1-14-10-11-17(15(2)13-14)26-23(29)21-16(3)25-24-27-18-7-4-5-8-19(18)28(24)22(21)20-9-6-12-30-20/h4-13,22H,1-3H3,(H,25,27)(H,26,29). The third-order valence-corrected chi connectivity index (χ3v) is 6.44. The molecule has 1 unspecified atom stereocenters. The molecule has 1 aliphatic heterocycles. The first-order valence-electron chi connectivity index (χ1n) is 9.89. The van der Waals surface area contributed by atoms with E-state index in [2.05, 4.69) is 40.3 Å². The van der Waals surface area contributed by atoms with E-state index in [1.807, 2.05) is 55.6 Å². The van der Waals surface area contributed by atoms with Gasteiger partial charge in [0.25, 0.3) is 5.91 Å². The van der Waals surface area contributed by atoms with Gasteiger partial charge in [-0.05, 0) is 56.0 Å². The molecular formula is C24H22N4OS. The number of carbonyl (C=O) groups is 1. The van der Waals surface area contributed by atoms with E-state index in [-0.39, 0.29) is 11.9 Å². The van der Waals surface area contributed by atoms with Crippen molar-refractivity contribution < 1.29 is 4.79 Å². The molecule has 5 rings (SSSR count). The van der Waals surface area contributed by atoms with Gasteiger partial charge in [0.1, 0.15) is 6.04 Å². The van der Waals surface area contributed by atoms with E-state index < -0.39 is 0 Å². The Kier molecular flexibility index (Phi) is 4.44. The minimum Gasteiger partial charge on any atom is -0.329 e. The number of fused-ring (bicyclic) bond motifs is 3. The molecule has 2 aromatic carbocycles. The van der Waals surface area contributed by atoms with Gasteiger partial charge in [-0.2, -0.15) is 0 Å². The van der Waals surface area contributed by atoms with Crippen LogP contribution in [0.4, 0.5) is 11.6 Å². The number of imidazole rings is 1. The van der Waals surface area contributed by atoms with E-state index in [4.69, 9.17) is 4.98 Å². The highest BCUT2D eigenvalue weighted by Gasteiger charge is 2.34. The fourth-order valence-corrected chi connectivity index (χ4v) is 4.94. The number of anilines is 2. The summed E-state index contributed by atoms with van der Waals surface area (Å²) in [5, 5.41) is 8.54. The molecule has 0 saturated heterocycles. The molecular weight excluding hydrogens is 392 g/mol. The van der Waals surface area contributed by atoms with Crippen LogP contribution < -0.4 is 10.6 Å². The Bertz CT molecular complexity index is 1300. The van der Waals surface area contributed by atoms with Gasteiger partial charge >= 0.3 is 0 Å². The van der Waals surface area contributed by atoms with Gasteiger partial charge in [0, 0.05) is 16.3 Å². The molecule has 30 heavy (non-hydrogen) atoms. The second-order valence-corrected chi connectivity index (χ2v) is 8.63. The molecule has 4 aromatic rings. The van der Waals surface area contributed by atoms with Crippen molar-refractivity contribution in [2.45, 2.75) is 26.8 Å². The number of nitrogens with one attached hydrogen (secondary N) is 2. The third-order valence-electron chi connectivity index (χ3n) is 5.52. The van der Waals surface area contributed by atoms with Crippen LogP contribution >= 0.6 is 11.3 Å². The predicted octanol–water partition coefficient (Wildman–Crippen LogP) is 5.64. The van der Waals surface area contributed by atoms with E-state index in [1.54, 1.807) is 11.3 Å². The summed E-state index contributed by atoms with van der Waals surface area (Å²) in [7, 11) is 0. The van der Waals surface area contributed by atoms with Gasteiger partial charge < -0.3 is 10.6 Å². The average Bonchev–Trinajstić information content (AvgIpc) is 3.36. The molecule has 3 heterocycles. The van der Waals surface area contributed by atoms with Crippen LogP contribution in [0.25, 0.3) is 11.0 Å². The number of benzene rings is 2. The molecule has 0 saturated carbocycles. The fourth-order valence-electron chi connectivity index (χ4n) is 4.12. The fraction of sp³-hybridized carbons (Fsp3) is 0.167. The van der Waals surface area contributed by atoms with Crippen molar-refractivity contribution in [3.8, 4) is 0 Å². The number of thiophene rings is 1. The Morgan fingerprint density at radius 3 is 2.70 bits per heavy atom. The summed E-state index contributed by atoms with van der Waals surface area (Å²) >= 11 is 1.65. The van der Waals surface area contributed by atoms with Crippen molar-refractivity contribution >= 4 is 39.9 Å². The first-order chi connectivity index (χ1) is 14.5. The summed E-state index contributed by atoms with van der Waals surface area (Å²) in [4.78, 5) is 19.4. The minimum atomic E-state index is -0.237. The molecule has 2 N–H and O–H groups in total. The van der Waals surface area contributed by atoms with Gasteiger partial charge in [-0.15, -0.1) is 11.3 Å². The molecule has 0 radical (unpaired) electrons. The van der Waals surface area contributed by atoms with Crippen molar-refractivity contribution in [2.24, 2.45) is 0 Å². The monoisotopic (exact) mass is 414 g/mol. The Hall–Kier alpha value is -3.38. The number of hydrogen-bond donors (Lipinski definition) is 2. The van der Waals surface area contributed by atoms with Crippen LogP contribution in [0.3, 0.4) is 0 Å². The number of rotatable bonds is 3. The lowest BCUT2D eigenvalue weighted by atomic mass is 9.99. The molecule has 1 atom stereocenters. The van der Waals surface area contributed by atoms with Crippen molar-refractivity contribution in [1.29, 1.82) is 0 Å². The quantitative estimate of drug-likeness (QED) is 0.456. The largest absolute Gasteiger partial charge is 0.329 e. The number of nitrogens with zero attached hydrogens (tertiary/aromatic N) is 2. The van der Waals surface area contributed by atoms with E-state index in [1.165, 1.54) is 5.56 Å². The number of amides is 1. The lowest BCUT2D eigenvalue weighted by Crippen LogP contribution is -2.30. The van der Waals surface area contributed by atoms with Gasteiger partial charge in [-0.1, -0.05) is 35.9 Å². The summed E-state index contributed by atoms with van der Waals surface area (Å²) in [5.41, 5.74) is 6.48. The number of allylic oxidation sites excluding steroid dienone is 1. The van der Waals surface area contributed by atoms with Gasteiger partial charge in [0.15, 0.2) is 0 Å². The van der Waals surface area contributed by atoms with Gasteiger partial charge in [-0.3, -0.25) is 9.36 Å². The lowest BCUT2D eigenvalue weighted by molar-refractivity contribution is -0.113. The second-order valence-electron chi connectivity index (χ2n) is 7.65. The van der Waals surface area contributed by atoms with Crippen LogP contribution in [0.2, 0.25) is 0 Å². The maximum Gasteiger partial charge on any atom is 0.255 e. The van der Waals surface area contributed by atoms with E-state index in [0.29, 0.717) is 5.57 Å². The van der Waals surface area contributed by atoms with Crippen molar-refractivity contribution in [2.75, 3.05) is 10.6 Å². The van der Waals surface area contributed by atoms with E-state index in [0.717, 1.165) is 38.8 Å². The first-order valence-corrected chi connectivity index (χ1v) is 10.8. The molecule has 5 nitrogen and oxygen atoms in total. The Morgan fingerprint density at radius 1 is 1.10 bits per heavy atom. The minimum absolute atomic E-state index is 0.103. The zero-order valence-corrected chi connectivity index (χ0v) is 17.9. The van der Waals surface area contributed by atoms with Crippen molar-refractivity contribution in [1.82, 2.24) is 9.55 Å². The zero-order valence-electron chi connectivity index (χ0n) is 17.1.